The molecular weight excluding hydrogens is 349 g/mol. The predicted molar refractivity (Wildman–Crippen MR) is 91.8 cm³/mol. The molecule has 0 aromatic heterocycles. The topological polar surface area (TPSA) is 55.8 Å². The smallest absolute Gasteiger partial charge is 0.419 e. The Hall–Kier alpha value is -1.86. The van der Waals surface area contributed by atoms with E-state index < -0.39 is 30.0 Å². The minimum atomic E-state index is -4.83. The van der Waals surface area contributed by atoms with Crippen LogP contribution >= 0.6 is 0 Å². The van der Waals surface area contributed by atoms with E-state index in [4.69, 9.17) is 9.47 Å². The molecule has 146 valence electrons. The van der Waals surface area contributed by atoms with Crippen molar-refractivity contribution in [3.63, 3.8) is 0 Å². The van der Waals surface area contributed by atoms with E-state index in [9.17, 15) is 23.1 Å². The summed E-state index contributed by atoms with van der Waals surface area (Å²) in [6.45, 7) is 8.24. The van der Waals surface area contributed by atoms with Crippen LogP contribution in [0.3, 0.4) is 0 Å². The number of halogens is 3. The van der Waals surface area contributed by atoms with Crippen LogP contribution < -0.4 is 4.74 Å². The fourth-order valence-corrected chi connectivity index (χ4v) is 2.39. The Balaban J connectivity index is 3.24. The average molecular weight is 374 g/mol. The summed E-state index contributed by atoms with van der Waals surface area (Å²) >= 11 is 0. The summed E-state index contributed by atoms with van der Waals surface area (Å²) in [6.07, 6.45) is -4.19. The Morgan fingerprint density at radius 3 is 2.19 bits per heavy atom. The molecule has 0 aliphatic rings. The van der Waals surface area contributed by atoms with Crippen molar-refractivity contribution in [1.29, 1.82) is 0 Å². The number of carbonyl (C=O) groups excluding carboxylic acids is 1. The Morgan fingerprint density at radius 2 is 1.73 bits per heavy atom. The van der Waals surface area contributed by atoms with E-state index in [0.717, 1.165) is 0 Å². The van der Waals surface area contributed by atoms with Gasteiger partial charge in [0, 0.05) is 11.1 Å². The van der Waals surface area contributed by atoms with Crippen LogP contribution in [0.15, 0.2) is 36.4 Å². The number of rotatable bonds is 8. The Labute approximate surface area is 151 Å². The van der Waals surface area contributed by atoms with Gasteiger partial charge < -0.3 is 14.6 Å². The molecule has 1 N–H and O–H groups in total. The molecule has 0 bridgehead atoms. The maximum Gasteiger partial charge on any atom is 0.419 e. The number of esters is 1. The maximum atomic E-state index is 13.0. The molecule has 26 heavy (non-hydrogen) atoms. The van der Waals surface area contributed by atoms with Gasteiger partial charge in [-0.25, -0.2) is 4.79 Å². The van der Waals surface area contributed by atoms with Crippen LogP contribution in [0.4, 0.5) is 13.2 Å². The normalized spacial score (nSPS) is 14.6. The fraction of sp³-hybridized carbons (Fsp3) is 0.526. The molecule has 1 atom stereocenters. The van der Waals surface area contributed by atoms with Crippen molar-refractivity contribution in [2.24, 2.45) is 0 Å². The van der Waals surface area contributed by atoms with E-state index in [1.807, 2.05) is 0 Å². The molecule has 0 saturated carbocycles. The zero-order chi connectivity index (χ0) is 20.2. The van der Waals surface area contributed by atoms with Crippen LogP contribution in [0.2, 0.25) is 0 Å². The van der Waals surface area contributed by atoms with Crippen LogP contribution in [0.25, 0.3) is 0 Å². The molecule has 0 fully saturated rings. The first-order valence-electron chi connectivity index (χ1n) is 8.30. The summed E-state index contributed by atoms with van der Waals surface area (Å²) in [7, 11) is 0. The monoisotopic (exact) mass is 374 g/mol. The quantitative estimate of drug-likeness (QED) is 0.413. The number of alkyl halides is 3. The van der Waals surface area contributed by atoms with E-state index in [-0.39, 0.29) is 11.3 Å². The lowest BCUT2D eigenvalue weighted by Crippen LogP contribution is -2.48. The van der Waals surface area contributed by atoms with E-state index >= 15 is 0 Å². The van der Waals surface area contributed by atoms with Gasteiger partial charge >= 0.3 is 12.1 Å². The van der Waals surface area contributed by atoms with Gasteiger partial charge in [0.1, 0.15) is 5.75 Å². The summed E-state index contributed by atoms with van der Waals surface area (Å²) in [5.41, 5.74) is -3.51. The largest absolute Gasteiger partial charge is 0.423 e. The predicted octanol–water partition coefficient (Wildman–Crippen LogP) is 4.51. The highest BCUT2D eigenvalue weighted by Gasteiger charge is 2.51. The first-order chi connectivity index (χ1) is 11.9. The molecule has 0 heterocycles. The summed E-state index contributed by atoms with van der Waals surface area (Å²) < 4.78 is 49.8. The van der Waals surface area contributed by atoms with Crippen molar-refractivity contribution in [2.45, 2.75) is 57.9 Å². The Kier molecular flexibility index (Phi) is 7.02. The minimum absolute atomic E-state index is 0.191. The number of ether oxygens (including phenoxy) is 2. The number of hydrogen-bond acceptors (Lipinski definition) is 4. The van der Waals surface area contributed by atoms with Crippen molar-refractivity contribution >= 4 is 5.97 Å². The summed E-state index contributed by atoms with van der Waals surface area (Å²) in [5, 5.41) is 9.69. The fourth-order valence-electron chi connectivity index (χ4n) is 2.39. The van der Waals surface area contributed by atoms with Crippen LogP contribution in [0.1, 0.15) is 46.1 Å². The van der Waals surface area contributed by atoms with Gasteiger partial charge in [-0.3, -0.25) is 0 Å². The Morgan fingerprint density at radius 1 is 1.19 bits per heavy atom. The van der Waals surface area contributed by atoms with Gasteiger partial charge in [0.05, 0.1) is 12.2 Å². The number of aliphatic hydroxyl groups is 1. The Bertz CT molecular complexity index is 646. The molecule has 0 amide bonds. The standard InChI is InChI=1S/C19H25F3O4/c1-6-18(7-2,25-12-17(5,24)19(20,21)22)14-10-8-9-11-15(14)26-16(23)13(3)4/h8-11,24H,3,6-7,12H2,1-2,4-5H3. The molecule has 7 heteroatoms. The maximum absolute atomic E-state index is 13.0. The van der Waals surface area contributed by atoms with Gasteiger partial charge in [0.2, 0.25) is 0 Å². The highest BCUT2D eigenvalue weighted by atomic mass is 19.4. The minimum Gasteiger partial charge on any atom is -0.423 e. The summed E-state index contributed by atoms with van der Waals surface area (Å²) in [4.78, 5) is 11.9. The molecule has 1 rings (SSSR count). The van der Waals surface area contributed by atoms with Crippen molar-refractivity contribution in [1.82, 2.24) is 0 Å². The summed E-state index contributed by atoms with van der Waals surface area (Å²) in [5.74, 6) is -0.448. The van der Waals surface area contributed by atoms with Gasteiger partial charge in [-0.05, 0) is 32.8 Å². The molecule has 0 radical (unpaired) electrons. The van der Waals surface area contributed by atoms with Gasteiger partial charge in [-0.15, -0.1) is 0 Å². The molecule has 0 aliphatic heterocycles. The van der Waals surface area contributed by atoms with Crippen LogP contribution in [0.5, 0.6) is 5.75 Å². The lowest BCUT2D eigenvalue weighted by Gasteiger charge is -2.37. The van der Waals surface area contributed by atoms with Crippen molar-refractivity contribution in [3.05, 3.63) is 42.0 Å². The number of carbonyl (C=O) groups is 1. The van der Waals surface area contributed by atoms with Crippen LogP contribution in [0, 0.1) is 0 Å². The van der Waals surface area contributed by atoms with Gasteiger partial charge in [0.15, 0.2) is 5.60 Å². The van der Waals surface area contributed by atoms with Crippen LogP contribution in [-0.2, 0) is 15.1 Å². The van der Waals surface area contributed by atoms with Crippen molar-refractivity contribution < 1.29 is 32.5 Å². The van der Waals surface area contributed by atoms with E-state index in [0.29, 0.717) is 25.3 Å². The summed E-state index contributed by atoms with van der Waals surface area (Å²) in [6, 6.07) is 6.50. The molecule has 0 spiro atoms. The third kappa shape index (κ3) is 4.86. The highest BCUT2D eigenvalue weighted by molar-refractivity contribution is 5.89. The third-order valence-electron chi connectivity index (χ3n) is 4.31. The molecule has 1 unspecified atom stereocenters. The average Bonchev–Trinajstić information content (AvgIpc) is 2.56. The second-order valence-electron chi connectivity index (χ2n) is 6.43. The van der Waals surface area contributed by atoms with Crippen LogP contribution in [-0.4, -0.2) is 29.5 Å². The van der Waals surface area contributed by atoms with Gasteiger partial charge in [0.25, 0.3) is 0 Å². The first-order valence-corrected chi connectivity index (χ1v) is 8.30. The molecular formula is C19H25F3O4. The second-order valence-corrected chi connectivity index (χ2v) is 6.43. The lowest BCUT2D eigenvalue weighted by molar-refractivity contribution is -0.278. The van der Waals surface area contributed by atoms with E-state index in [1.54, 1.807) is 38.1 Å². The van der Waals surface area contributed by atoms with E-state index in [2.05, 4.69) is 6.58 Å². The van der Waals surface area contributed by atoms with Gasteiger partial charge in [-0.2, -0.15) is 13.2 Å². The number of hydrogen-bond donors (Lipinski definition) is 1. The molecule has 0 saturated heterocycles. The van der Waals surface area contributed by atoms with E-state index in [1.165, 1.54) is 6.92 Å². The second kappa shape index (κ2) is 8.22. The SMILES string of the molecule is C=C(C)C(=O)Oc1ccccc1C(CC)(CC)OCC(C)(O)C(F)(F)F. The zero-order valence-electron chi connectivity index (χ0n) is 15.4. The highest BCUT2D eigenvalue weighted by Crippen LogP contribution is 2.41. The van der Waals surface area contributed by atoms with Gasteiger partial charge in [-0.1, -0.05) is 38.6 Å². The number of benzene rings is 1. The molecule has 4 nitrogen and oxygen atoms in total. The lowest BCUT2D eigenvalue weighted by atomic mass is 9.87. The number of para-hydroxylation sites is 1. The third-order valence-corrected chi connectivity index (χ3v) is 4.31. The molecule has 1 aromatic carbocycles. The first kappa shape index (κ1) is 22.2. The van der Waals surface area contributed by atoms with Crippen molar-refractivity contribution in [2.75, 3.05) is 6.61 Å². The molecule has 1 aromatic rings. The zero-order valence-corrected chi connectivity index (χ0v) is 15.4. The molecule has 0 aliphatic carbocycles. The van der Waals surface area contributed by atoms with Crippen molar-refractivity contribution in [3.8, 4) is 5.75 Å².